The van der Waals surface area contributed by atoms with E-state index in [0.717, 1.165) is 5.69 Å². The van der Waals surface area contributed by atoms with Gasteiger partial charge in [-0.1, -0.05) is 18.2 Å². The molecule has 0 fully saturated rings. The number of nitrogens with one attached hydrogen (secondary N) is 1. The molecule has 0 bridgehead atoms. The van der Waals surface area contributed by atoms with Crippen LogP contribution in [0, 0.1) is 0 Å². The number of carbonyl (C=O) groups excluding carboxylic acids is 1. The fourth-order valence-electron chi connectivity index (χ4n) is 0.664. The van der Waals surface area contributed by atoms with Crippen LogP contribution in [0.25, 0.3) is 0 Å². The first-order valence-corrected chi connectivity index (χ1v) is 2.90. The van der Waals surface area contributed by atoms with Crippen molar-refractivity contribution in [2.24, 2.45) is 5.73 Å². The number of anilines is 1. The quantitative estimate of drug-likeness (QED) is 0.585. The molecule has 1 radical (unpaired) electrons. The van der Waals surface area contributed by atoms with Gasteiger partial charge in [0.2, 0.25) is 0 Å². The summed E-state index contributed by atoms with van der Waals surface area (Å²) >= 11 is 0. The molecule has 53 valence electrons. The molecule has 0 saturated carbocycles. The van der Waals surface area contributed by atoms with Gasteiger partial charge in [-0.25, -0.2) is 4.79 Å². The van der Waals surface area contributed by atoms with E-state index in [1.54, 1.807) is 12.1 Å². The summed E-state index contributed by atoms with van der Waals surface area (Å²) < 4.78 is 0. The molecule has 3 nitrogen and oxygen atoms in total. The Morgan fingerprint density at radius 3 is 2.27 bits per heavy atom. The molecule has 11 heavy (non-hydrogen) atoms. The minimum Gasteiger partial charge on any atom is -0.351 e. The molecule has 3 N–H and O–H groups in total. The smallest absolute Gasteiger partial charge is 0.316 e. The van der Waals surface area contributed by atoms with Crippen LogP contribution in [0.2, 0.25) is 0 Å². The molecule has 0 atom stereocenters. The number of urea groups is 1. The van der Waals surface area contributed by atoms with Crippen LogP contribution in [0.4, 0.5) is 10.5 Å². The number of para-hydroxylation sites is 1. The van der Waals surface area contributed by atoms with Crippen molar-refractivity contribution in [1.82, 2.24) is 0 Å². The first kappa shape index (κ1) is 10.5. The third-order valence-corrected chi connectivity index (χ3v) is 1.04. The van der Waals surface area contributed by atoms with Gasteiger partial charge in [-0.15, -0.1) is 0 Å². The molecule has 2 amide bonds. The Morgan fingerprint density at radius 2 is 1.82 bits per heavy atom. The van der Waals surface area contributed by atoms with Gasteiger partial charge in [-0.2, -0.15) is 0 Å². The SMILES string of the molecule is NC(=O)Nc1ccccc1.[Na]. The Hall–Kier alpha value is -0.510. The summed E-state index contributed by atoms with van der Waals surface area (Å²) in [4.78, 5) is 10.3. The van der Waals surface area contributed by atoms with Crippen molar-refractivity contribution < 1.29 is 4.79 Å². The van der Waals surface area contributed by atoms with Crippen molar-refractivity contribution >= 4 is 41.3 Å². The van der Waals surface area contributed by atoms with Gasteiger partial charge >= 0.3 is 6.03 Å². The second-order valence-electron chi connectivity index (χ2n) is 1.86. The van der Waals surface area contributed by atoms with Gasteiger partial charge in [-0.3, -0.25) is 0 Å². The third-order valence-electron chi connectivity index (χ3n) is 1.04. The first-order valence-electron chi connectivity index (χ1n) is 2.90. The van der Waals surface area contributed by atoms with Crippen LogP contribution in [-0.2, 0) is 0 Å². The Bertz CT molecular complexity index is 225. The number of hydrogen-bond donors (Lipinski definition) is 2. The van der Waals surface area contributed by atoms with E-state index in [1.807, 2.05) is 18.2 Å². The number of hydrogen-bond acceptors (Lipinski definition) is 1. The van der Waals surface area contributed by atoms with Crippen LogP contribution in [0.1, 0.15) is 0 Å². The van der Waals surface area contributed by atoms with E-state index in [-0.39, 0.29) is 29.6 Å². The zero-order valence-corrected chi connectivity index (χ0v) is 8.37. The maximum Gasteiger partial charge on any atom is 0.316 e. The van der Waals surface area contributed by atoms with Crippen LogP contribution in [0.3, 0.4) is 0 Å². The molecule has 4 heteroatoms. The minimum absolute atomic E-state index is 0. The van der Waals surface area contributed by atoms with E-state index in [2.05, 4.69) is 5.32 Å². The molecule has 0 spiro atoms. The summed E-state index contributed by atoms with van der Waals surface area (Å²) in [6.45, 7) is 0. The molecular formula is C7H8N2NaO. The van der Waals surface area contributed by atoms with Gasteiger partial charge in [-0.05, 0) is 12.1 Å². The molecule has 1 aromatic rings. The van der Waals surface area contributed by atoms with Crippen molar-refractivity contribution in [2.75, 3.05) is 5.32 Å². The standard InChI is InChI=1S/C7H8N2O.Na/c8-7(10)9-6-4-2-1-3-5-6;/h1-5H,(H3,8,9,10);. The molecular weight excluding hydrogens is 151 g/mol. The van der Waals surface area contributed by atoms with Gasteiger partial charge in [0.25, 0.3) is 0 Å². The fourth-order valence-corrected chi connectivity index (χ4v) is 0.664. The number of benzene rings is 1. The van der Waals surface area contributed by atoms with Gasteiger partial charge in [0, 0.05) is 35.2 Å². The minimum atomic E-state index is -0.536. The number of primary amides is 1. The molecule has 0 aliphatic heterocycles. The monoisotopic (exact) mass is 159 g/mol. The van der Waals surface area contributed by atoms with Crippen LogP contribution < -0.4 is 11.1 Å². The van der Waals surface area contributed by atoms with E-state index in [9.17, 15) is 4.79 Å². The number of amides is 2. The van der Waals surface area contributed by atoms with Gasteiger partial charge in [0.05, 0.1) is 0 Å². The van der Waals surface area contributed by atoms with Gasteiger partial charge < -0.3 is 11.1 Å². The zero-order valence-electron chi connectivity index (χ0n) is 6.37. The maximum atomic E-state index is 10.3. The summed E-state index contributed by atoms with van der Waals surface area (Å²) in [6.07, 6.45) is 0. The molecule has 0 aliphatic rings. The maximum absolute atomic E-state index is 10.3. The van der Waals surface area contributed by atoms with E-state index >= 15 is 0 Å². The average molecular weight is 159 g/mol. The summed E-state index contributed by atoms with van der Waals surface area (Å²) in [7, 11) is 0. The van der Waals surface area contributed by atoms with Crippen LogP contribution in [0.5, 0.6) is 0 Å². The second-order valence-corrected chi connectivity index (χ2v) is 1.86. The third kappa shape index (κ3) is 4.03. The van der Waals surface area contributed by atoms with E-state index in [1.165, 1.54) is 0 Å². The Labute approximate surface area is 87.3 Å². The van der Waals surface area contributed by atoms with E-state index in [0.29, 0.717) is 0 Å². The molecule has 0 saturated heterocycles. The van der Waals surface area contributed by atoms with Gasteiger partial charge in [0.15, 0.2) is 0 Å². The second kappa shape index (κ2) is 5.18. The predicted octanol–water partition coefficient (Wildman–Crippen LogP) is 0.796. The molecule has 0 unspecified atom stereocenters. The van der Waals surface area contributed by atoms with E-state index < -0.39 is 6.03 Å². The number of carbonyl (C=O) groups is 1. The Kier molecular flexibility index (Phi) is 4.94. The van der Waals surface area contributed by atoms with Crippen molar-refractivity contribution in [3.63, 3.8) is 0 Å². The first-order chi connectivity index (χ1) is 4.79. The van der Waals surface area contributed by atoms with Crippen molar-refractivity contribution in [1.29, 1.82) is 0 Å². The Balaban J connectivity index is 0.000001000. The summed E-state index contributed by atoms with van der Waals surface area (Å²) in [5.41, 5.74) is 5.59. The van der Waals surface area contributed by atoms with E-state index in [4.69, 9.17) is 5.73 Å². The molecule has 1 aromatic carbocycles. The molecule has 0 aromatic heterocycles. The number of nitrogens with two attached hydrogens (primary N) is 1. The average Bonchev–Trinajstić information content (AvgIpc) is 1.88. The largest absolute Gasteiger partial charge is 0.351 e. The summed E-state index contributed by atoms with van der Waals surface area (Å²) in [5, 5.41) is 2.44. The predicted molar refractivity (Wildman–Crippen MR) is 45.4 cm³/mol. The van der Waals surface area contributed by atoms with Crippen molar-refractivity contribution in [3.8, 4) is 0 Å². The van der Waals surface area contributed by atoms with Crippen LogP contribution in [0.15, 0.2) is 30.3 Å². The van der Waals surface area contributed by atoms with Crippen molar-refractivity contribution in [3.05, 3.63) is 30.3 Å². The van der Waals surface area contributed by atoms with Crippen LogP contribution in [-0.4, -0.2) is 35.6 Å². The van der Waals surface area contributed by atoms with Gasteiger partial charge in [0.1, 0.15) is 0 Å². The topological polar surface area (TPSA) is 55.1 Å². The normalized spacial score (nSPS) is 8.00. The zero-order chi connectivity index (χ0) is 7.40. The molecule has 0 aliphatic carbocycles. The molecule has 1 rings (SSSR count). The van der Waals surface area contributed by atoms with Crippen LogP contribution >= 0.6 is 0 Å². The van der Waals surface area contributed by atoms with Crippen molar-refractivity contribution in [2.45, 2.75) is 0 Å². The number of rotatable bonds is 1. The Morgan fingerprint density at radius 1 is 1.27 bits per heavy atom. The fraction of sp³-hybridized carbons (Fsp3) is 0. The molecule has 0 heterocycles. The summed E-state index contributed by atoms with van der Waals surface area (Å²) in [6, 6.07) is 8.52. The summed E-state index contributed by atoms with van der Waals surface area (Å²) in [5.74, 6) is 0.